The van der Waals surface area contributed by atoms with Gasteiger partial charge in [-0.25, -0.2) is 13.8 Å². The highest BCUT2D eigenvalue weighted by Crippen LogP contribution is 2.32. The number of carbonyl (C=O) groups is 1. The molecule has 0 saturated carbocycles. The van der Waals surface area contributed by atoms with Crippen LogP contribution in [-0.4, -0.2) is 47.9 Å². The molecule has 0 spiro atoms. The minimum Gasteiger partial charge on any atom is -0.495 e. The van der Waals surface area contributed by atoms with Crippen LogP contribution in [0.5, 0.6) is 17.2 Å². The van der Waals surface area contributed by atoms with E-state index in [1.807, 2.05) is 0 Å². The van der Waals surface area contributed by atoms with Crippen molar-refractivity contribution in [3.05, 3.63) is 78.4 Å². The van der Waals surface area contributed by atoms with E-state index < -0.39 is 22.5 Å². The third-order valence-corrected chi connectivity index (χ3v) is 6.90. The van der Waals surface area contributed by atoms with Crippen molar-refractivity contribution in [1.82, 2.24) is 5.43 Å². The number of hydrogen-bond donors (Lipinski definition) is 1. The highest BCUT2D eigenvalue weighted by molar-refractivity contribution is 7.92. The van der Waals surface area contributed by atoms with Crippen molar-refractivity contribution in [2.75, 3.05) is 32.2 Å². The minimum atomic E-state index is -4.08. The van der Waals surface area contributed by atoms with Crippen molar-refractivity contribution in [2.45, 2.75) is 11.8 Å². The van der Waals surface area contributed by atoms with Gasteiger partial charge in [-0.05, 0) is 49.4 Å². The van der Waals surface area contributed by atoms with Gasteiger partial charge in [0.15, 0.2) is 11.5 Å². The SMILES string of the molecule is COc1ccc(/C(C)=N/NC(=O)CN(c2ccccc2OC)S(=O)(=O)c2ccccc2)cc1OC. The lowest BCUT2D eigenvalue weighted by Gasteiger charge is -2.25. The summed E-state index contributed by atoms with van der Waals surface area (Å²) in [4.78, 5) is 12.9. The molecule has 0 bridgehead atoms. The van der Waals surface area contributed by atoms with Gasteiger partial charge in [-0.15, -0.1) is 0 Å². The summed E-state index contributed by atoms with van der Waals surface area (Å²) in [5.41, 5.74) is 3.86. The molecule has 3 rings (SSSR count). The van der Waals surface area contributed by atoms with E-state index in [1.165, 1.54) is 33.5 Å². The summed E-state index contributed by atoms with van der Waals surface area (Å²) in [6.45, 7) is 1.19. The van der Waals surface area contributed by atoms with Gasteiger partial charge in [0.2, 0.25) is 0 Å². The van der Waals surface area contributed by atoms with Gasteiger partial charge in [-0.3, -0.25) is 9.10 Å². The molecule has 0 atom stereocenters. The van der Waals surface area contributed by atoms with Crippen LogP contribution in [0.1, 0.15) is 12.5 Å². The molecule has 0 aliphatic heterocycles. The first-order chi connectivity index (χ1) is 16.8. The quantitative estimate of drug-likeness (QED) is 0.340. The van der Waals surface area contributed by atoms with E-state index in [0.717, 1.165) is 4.31 Å². The molecule has 0 heterocycles. The zero-order valence-corrected chi connectivity index (χ0v) is 20.7. The van der Waals surface area contributed by atoms with Gasteiger partial charge in [-0.2, -0.15) is 5.10 Å². The maximum atomic E-state index is 13.5. The van der Waals surface area contributed by atoms with E-state index >= 15 is 0 Å². The monoisotopic (exact) mass is 497 g/mol. The van der Waals surface area contributed by atoms with Gasteiger partial charge in [0.25, 0.3) is 15.9 Å². The molecule has 9 nitrogen and oxygen atoms in total. The number of anilines is 1. The molecule has 0 radical (unpaired) electrons. The Morgan fingerprint density at radius 2 is 1.49 bits per heavy atom. The van der Waals surface area contributed by atoms with E-state index in [0.29, 0.717) is 28.5 Å². The number of ether oxygens (including phenoxy) is 3. The highest BCUT2D eigenvalue weighted by atomic mass is 32.2. The normalized spacial score (nSPS) is 11.5. The summed E-state index contributed by atoms with van der Waals surface area (Å²) in [6, 6.07) is 19.7. The summed E-state index contributed by atoms with van der Waals surface area (Å²) in [7, 11) is 0.419. The molecule has 0 aliphatic carbocycles. The van der Waals surface area contributed by atoms with Crippen molar-refractivity contribution < 1.29 is 27.4 Å². The lowest BCUT2D eigenvalue weighted by Crippen LogP contribution is -2.40. The molecule has 0 aliphatic rings. The third kappa shape index (κ3) is 5.90. The molecular weight excluding hydrogens is 470 g/mol. The Kier molecular flexibility index (Phi) is 8.32. The van der Waals surface area contributed by atoms with Crippen LogP contribution in [0.3, 0.4) is 0 Å². The van der Waals surface area contributed by atoms with Crippen LogP contribution in [0.15, 0.2) is 82.8 Å². The number of methoxy groups -OCH3 is 3. The molecule has 0 aromatic heterocycles. The maximum Gasteiger partial charge on any atom is 0.264 e. The Morgan fingerprint density at radius 1 is 0.857 bits per heavy atom. The van der Waals surface area contributed by atoms with Crippen LogP contribution in [0, 0.1) is 0 Å². The average molecular weight is 498 g/mol. The summed E-state index contributed by atoms with van der Waals surface area (Å²) < 4.78 is 43.8. The number of rotatable bonds is 10. The molecule has 35 heavy (non-hydrogen) atoms. The molecular formula is C25H27N3O6S. The largest absolute Gasteiger partial charge is 0.495 e. The third-order valence-electron chi connectivity index (χ3n) is 5.12. The molecule has 3 aromatic carbocycles. The van der Waals surface area contributed by atoms with Crippen molar-refractivity contribution in [3.63, 3.8) is 0 Å². The van der Waals surface area contributed by atoms with E-state index in [4.69, 9.17) is 14.2 Å². The van der Waals surface area contributed by atoms with Gasteiger partial charge in [0.1, 0.15) is 12.3 Å². The van der Waals surface area contributed by atoms with Crippen molar-refractivity contribution >= 4 is 27.3 Å². The zero-order chi connectivity index (χ0) is 25.4. The summed E-state index contributed by atoms with van der Waals surface area (Å²) in [5, 5.41) is 4.14. The molecule has 0 fully saturated rings. The maximum absolute atomic E-state index is 13.5. The zero-order valence-electron chi connectivity index (χ0n) is 19.9. The van der Waals surface area contributed by atoms with Crippen LogP contribution >= 0.6 is 0 Å². The summed E-state index contributed by atoms with van der Waals surface area (Å²) >= 11 is 0. The first-order valence-corrected chi connectivity index (χ1v) is 12.0. The molecule has 1 amide bonds. The lowest BCUT2D eigenvalue weighted by molar-refractivity contribution is -0.119. The van der Waals surface area contributed by atoms with Crippen LogP contribution < -0.4 is 23.9 Å². The van der Waals surface area contributed by atoms with Crippen LogP contribution in [0.4, 0.5) is 5.69 Å². The first kappa shape index (κ1) is 25.6. The topological polar surface area (TPSA) is 107 Å². The number of hydrazone groups is 1. The van der Waals surface area contributed by atoms with Crippen molar-refractivity contribution in [3.8, 4) is 17.2 Å². The number of sulfonamides is 1. The number of para-hydroxylation sites is 2. The summed E-state index contributed by atoms with van der Waals surface area (Å²) in [6.07, 6.45) is 0. The molecule has 0 saturated heterocycles. The van der Waals surface area contributed by atoms with Crippen molar-refractivity contribution in [1.29, 1.82) is 0 Å². The predicted molar refractivity (Wildman–Crippen MR) is 134 cm³/mol. The van der Waals surface area contributed by atoms with Crippen LogP contribution in [0.2, 0.25) is 0 Å². The Labute approximate surface area is 205 Å². The van der Waals surface area contributed by atoms with E-state index in [1.54, 1.807) is 67.6 Å². The fourth-order valence-corrected chi connectivity index (χ4v) is 4.75. The van der Waals surface area contributed by atoms with E-state index in [-0.39, 0.29) is 10.6 Å². The fourth-order valence-electron chi connectivity index (χ4n) is 3.29. The number of nitrogens with one attached hydrogen (secondary N) is 1. The van der Waals surface area contributed by atoms with Gasteiger partial charge >= 0.3 is 0 Å². The Bertz CT molecular complexity index is 1310. The second kappa shape index (κ2) is 11.4. The van der Waals surface area contributed by atoms with E-state index in [9.17, 15) is 13.2 Å². The smallest absolute Gasteiger partial charge is 0.264 e. The van der Waals surface area contributed by atoms with Gasteiger partial charge in [0.05, 0.1) is 37.6 Å². The van der Waals surface area contributed by atoms with E-state index in [2.05, 4.69) is 10.5 Å². The molecule has 184 valence electrons. The molecule has 3 aromatic rings. The van der Waals surface area contributed by atoms with Crippen molar-refractivity contribution in [2.24, 2.45) is 5.10 Å². The van der Waals surface area contributed by atoms with Crippen LogP contribution in [-0.2, 0) is 14.8 Å². The molecule has 10 heteroatoms. The second-order valence-electron chi connectivity index (χ2n) is 7.30. The van der Waals surface area contributed by atoms with Crippen LogP contribution in [0.25, 0.3) is 0 Å². The standard InChI is InChI=1S/C25H27N3O6S/c1-18(19-14-15-23(33-3)24(16-19)34-4)26-27-25(29)17-28(21-12-8-9-13-22(21)32-2)35(30,31)20-10-6-5-7-11-20/h5-16H,17H2,1-4H3,(H,27,29)/b26-18+. The highest BCUT2D eigenvalue weighted by Gasteiger charge is 2.29. The van der Waals surface area contributed by atoms with Gasteiger partial charge in [0, 0.05) is 5.56 Å². The first-order valence-electron chi connectivity index (χ1n) is 10.6. The summed E-state index contributed by atoms with van der Waals surface area (Å²) in [5.74, 6) is 0.758. The number of amides is 1. The second-order valence-corrected chi connectivity index (χ2v) is 9.16. The Balaban J connectivity index is 1.89. The van der Waals surface area contributed by atoms with Gasteiger partial charge < -0.3 is 14.2 Å². The lowest BCUT2D eigenvalue weighted by atomic mass is 10.1. The number of benzene rings is 3. The fraction of sp³-hybridized carbons (Fsp3) is 0.200. The Hall–Kier alpha value is -4.05. The average Bonchev–Trinajstić information content (AvgIpc) is 2.90. The molecule has 0 unspecified atom stereocenters. The number of nitrogens with zero attached hydrogens (tertiary/aromatic N) is 2. The number of hydrogen-bond acceptors (Lipinski definition) is 7. The van der Waals surface area contributed by atoms with Gasteiger partial charge in [-0.1, -0.05) is 30.3 Å². The Morgan fingerprint density at radius 3 is 2.14 bits per heavy atom. The number of carbonyl (C=O) groups excluding carboxylic acids is 1. The predicted octanol–water partition coefficient (Wildman–Crippen LogP) is 3.45. The minimum absolute atomic E-state index is 0.0451. The molecule has 1 N–H and O–H groups in total.